The van der Waals surface area contributed by atoms with Crippen molar-refractivity contribution in [2.75, 3.05) is 7.11 Å². The first-order chi connectivity index (χ1) is 7.10. The molecule has 15 heavy (non-hydrogen) atoms. The molecule has 88 valence electrons. The molecule has 0 rings (SSSR count). The van der Waals surface area contributed by atoms with Gasteiger partial charge in [0.2, 0.25) is 0 Å². The summed E-state index contributed by atoms with van der Waals surface area (Å²) < 4.78 is 5.26. The average Bonchev–Trinajstić information content (AvgIpc) is 2.27. The summed E-state index contributed by atoms with van der Waals surface area (Å²) in [4.78, 5) is 11.8. The summed E-state index contributed by atoms with van der Waals surface area (Å²) in [6.45, 7) is 7.53. The van der Waals surface area contributed by atoms with E-state index in [1.54, 1.807) is 7.11 Å². The molecule has 0 aliphatic rings. The molecule has 0 saturated carbocycles. The minimum atomic E-state index is -0.571. The molecule has 0 fully saturated rings. The lowest BCUT2D eigenvalue weighted by molar-refractivity contribution is -0.139. The number of ketones is 1. The third-order valence-electron chi connectivity index (χ3n) is 3.03. The summed E-state index contributed by atoms with van der Waals surface area (Å²) in [6, 6.07) is 0. The van der Waals surface area contributed by atoms with Gasteiger partial charge in [0.25, 0.3) is 0 Å². The van der Waals surface area contributed by atoms with Gasteiger partial charge in [0.05, 0.1) is 0 Å². The predicted molar refractivity (Wildman–Crippen MR) is 64.0 cm³/mol. The lowest BCUT2D eigenvalue weighted by atomic mass is 9.93. The summed E-state index contributed by atoms with van der Waals surface area (Å²) >= 11 is 0. The number of hydrogen-bond donors (Lipinski definition) is 0. The summed E-state index contributed by atoms with van der Waals surface area (Å²) in [6.07, 6.45) is 7.54. The number of methoxy groups -OCH3 is 1. The molecule has 2 heteroatoms. The Hall–Kier alpha value is -0.630. The van der Waals surface area contributed by atoms with Crippen molar-refractivity contribution < 1.29 is 9.53 Å². The van der Waals surface area contributed by atoms with Gasteiger partial charge in [-0.25, -0.2) is 0 Å². The van der Waals surface area contributed by atoms with E-state index in [1.807, 2.05) is 19.9 Å². The molecule has 0 aliphatic carbocycles. The van der Waals surface area contributed by atoms with E-state index in [9.17, 15) is 4.79 Å². The van der Waals surface area contributed by atoms with Gasteiger partial charge in [-0.05, 0) is 32.6 Å². The lowest BCUT2D eigenvalue weighted by Crippen LogP contribution is -2.36. The SMILES string of the molecule is C=CCCCCCC(=O)C(C)(CC)OC. The molecule has 0 N–H and O–H groups in total. The molecule has 0 aromatic rings. The molecule has 0 saturated heterocycles. The molecule has 1 unspecified atom stereocenters. The van der Waals surface area contributed by atoms with Gasteiger partial charge in [-0.2, -0.15) is 0 Å². The highest BCUT2D eigenvalue weighted by Crippen LogP contribution is 2.19. The number of rotatable bonds is 9. The maximum absolute atomic E-state index is 11.8. The van der Waals surface area contributed by atoms with E-state index in [-0.39, 0.29) is 5.78 Å². The zero-order valence-electron chi connectivity index (χ0n) is 10.3. The Morgan fingerprint density at radius 1 is 1.40 bits per heavy atom. The standard InChI is InChI=1S/C13H24O2/c1-5-7-8-9-10-11-12(14)13(3,6-2)15-4/h5H,1,6-11H2,2-4H3. The molecule has 0 aliphatic heterocycles. The number of hydrogen-bond acceptors (Lipinski definition) is 2. The van der Waals surface area contributed by atoms with Crippen LogP contribution in [0.4, 0.5) is 0 Å². The summed E-state index contributed by atoms with van der Waals surface area (Å²) in [5.41, 5.74) is -0.571. The van der Waals surface area contributed by atoms with Crippen molar-refractivity contribution in [3.63, 3.8) is 0 Å². The Bertz CT molecular complexity index is 193. The van der Waals surface area contributed by atoms with E-state index in [0.29, 0.717) is 6.42 Å². The van der Waals surface area contributed by atoms with Crippen LogP contribution in [0.1, 0.15) is 52.4 Å². The maximum atomic E-state index is 11.8. The Balaban J connectivity index is 3.77. The topological polar surface area (TPSA) is 26.3 Å². The van der Waals surface area contributed by atoms with Crippen LogP contribution in [0.15, 0.2) is 12.7 Å². The zero-order valence-corrected chi connectivity index (χ0v) is 10.3. The van der Waals surface area contributed by atoms with Gasteiger partial charge in [-0.1, -0.05) is 19.4 Å². The van der Waals surface area contributed by atoms with Gasteiger partial charge in [0, 0.05) is 13.5 Å². The number of carbonyl (C=O) groups excluding carboxylic acids is 1. The normalized spacial score (nSPS) is 14.6. The number of ether oxygens (including phenoxy) is 1. The van der Waals surface area contributed by atoms with E-state index in [4.69, 9.17) is 4.74 Å². The van der Waals surface area contributed by atoms with Crippen LogP contribution in [0.2, 0.25) is 0 Å². The predicted octanol–water partition coefficient (Wildman–Crippen LogP) is 3.51. The molecule has 0 aromatic heterocycles. The lowest BCUT2D eigenvalue weighted by Gasteiger charge is -2.24. The van der Waals surface area contributed by atoms with Gasteiger partial charge < -0.3 is 4.74 Å². The third kappa shape index (κ3) is 5.12. The highest BCUT2D eigenvalue weighted by Gasteiger charge is 2.29. The van der Waals surface area contributed by atoms with Gasteiger partial charge in [-0.15, -0.1) is 6.58 Å². The van der Waals surface area contributed by atoms with Gasteiger partial charge >= 0.3 is 0 Å². The van der Waals surface area contributed by atoms with Crippen molar-refractivity contribution >= 4 is 5.78 Å². The van der Waals surface area contributed by atoms with Crippen LogP contribution in [-0.2, 0) is 9.53 Å². The first kappa shape index (κ1) is 14.4. The van der Waals surface area contributed by atoms with Gasteiger partial charge in [0.15, 0.2) is 5.78 Å². The van der Waals surface area contributed by atoms with Crippen molar-refractivity contribution in [2.24, 2.45) is 0 Å². The molecular weight excluding hydrogens is 188 g/mol. The molecule has 0 radical (unpaired) electrons. The second-order valence-electron chi connectivity index (χ2n) is 4.10. The first-order valence-electron chi connectivity index (χ1n) is 5.80. The van der Waals surface area contributed by atoms with Crippen LogP contribution in [0, 0.1) is 0 Å². The van der Waals surface area contributed by atoms with E-state index in [1.165, 1.54) is 0 Å². The fourth-order valence-corrected chi connectivity index (χ4v) is 1.47. The zero-order chi connectivity index (χ0) is 11.7. The second-order valence-corrected chi connectivity index (χ2v) is 4.10. The maximum Gasteiger partial charge on any atom is 0.164 e. The van der Waals surface area contributed by atoms with Gasteiger partial charge in [0.1, 0.15) is 5.60 Å². The largest absolute Gasteiger partial charge is 0.371 e. The smallest absolute Gasteiger partial charge is 0.164 e. The van der Waals surface area contributed by atoms with E-state index >= 15 is 0 Å². The molecular formula is C13H24O2. The minimum absolute atomic E-state index is 0.228. The summed E-state index contributed by atoms with van der Waals surface area (Å²) in [5.74, 6) is 0.228. The third-order valence-corrected chi connectivity index (χ3v) is 3.03. The fraction of sp³-hybridized carbons (Fsp3) is 0.769. The van der Waals surface area contributed by atoms with Crippen LogP contribution in [-0.4, -0.2) is 18.5 Å². The monoisotopic (exact) mass is 212 g/mol. The first-order valence-corrected chi connectivity index (χ1v) is 5.80. The summed E-state index contributed by atoms with van der Waals surface area (Å²) in [7, 11) is 1.61. The van der Waals surface area contributed by atoms with E-state index < -0.39 is 5.60 Å². The van der Waals surface area contributed by atoms with E-state index in [2.05, 4.69) is 6.58 Å². The number of allylic oxidation sites excluding steroid dienone is 1. The highest BCUT2D eigenvalue weighted by atomic mass is 16.5. The number of Topliss-reactive ketones (excluding diaryl/α,β-unsaturated/α-hetero) is 1. The van der Waals surface area contributed by atoms with E-state index in [0.717, 1.165) is 32.1 Å². The Kier molecular flexibility index (Phi) is 7.31. The molecule has 2 nitrogen and oxygen atoms in total. The molecule has 0 heterocycles. The Labute approximate surface area is 93.7 Å². The van der Waals surface area contributed by atoms with Crippen molar-refractivity contribution in [3.05, 3.63) is 12.7 Å². The van der Waals surface area contributed by atoms with Gasteiger partial charge in [-0.3, -0.25) is 4.79 Å². The van der Waals surface area contributed by atoms with Crippen molar-refractivity contribution in [1.82, 2.24) is 0 Å². The summed E-state index contributed by atoms with van der Waals surface area (Å²) in [5, 5.41) is 0. The Morgan fingerprint density at radius 3 is 2.53 bits per heavy atom. The fourth-order valence-electron chi connectivity index (χ4n) is 1.47. The number of carbonyl (C=O) groups is 1. The number of unbranched alkanes of at least 4 members (excludes halogenated alkanes) is 3. The molecule has 0 amide bonds. The van der Waals surface area contributed by atoms with Crippen LogP contribution >= 0.6 is 0 Å². The molecule has 0 aromatic carbocycles. The minimum Gasteiger partial charge on any atom is -0.371 e. The van der Waals surface area contributed by atoms with Crippen molar-refractivity contribution in [1.29, 1.82) is 0 Å². The molecule has 0 spiro atoms. The highest BCUT2D eigenvalue weighted by molar-refractivity contribution is 5.86. The van der Waals surface area contributed by atoms with Crippen LogP contribution < -0.4 is 0 Å². The van der Waals surface area contributed by atoms with Crippen LogP contribution in [0.5, 0.6) is 0 Å². The van der Waals surface area contributed by atoms with Crippen LogP contribution in [0.3, 0.4) is 0 Å². The second kappa shape index (κ2) is 7.63. The van der Waals surface area contributed by atoms with Crippen molar-refractivity contribution in [3.8, 4) is 0 Å². The molecule has 0 bridgehead atoms. The average molecular weight is 212 g/mol. The quantitative estimate of drug-likeness (QED) is 0.432. The molecule has 1 atom stereocenters. The van der Waals surface area contributed by atoms with Crippen LogP contribution in [0.25, 0.3) is 0 Å². The van der Waals surface area contributed by atoms with Crippen molar-refractivity contribution in [2.45, 2.75) is 58.0 Å². The Morgan fingerprint density at radius 2 is 2.07 bits per heavy atom.